The summed E-state index contributed by atoms with van der Waals surface area (Å²) in [6.07, 6.45) is 1.85. The molecule has 2 atom stereocenters. The summed E-state index contributed by atoms with van der Waals surface area (Å²) in [5.41, 5.74) is 3.96. The summed E-state index contributed by atoms with van der Waals surface area (Å²) in [6.45, 7) is 2.08. The van der Waals surface area contributed by atoms with E-state index >= 15 is 0 Å². The Balaban J connectivity index is 2.69. The molecule has 0 aliphatic carbocycles. The maximum Gasteiger partial charge on any atom is 0.0738 e. The molecule has 2 unspecified atom stereocenters. The first-order valence-electron chi connectivity index (χ1n) is 5.44. The van der Waals surface area contributed by atoms with Crippen LogP contribution in [0.25, 0.3) is 0 Å². The van der Waals surface area contributed by atoms with E-state index < -0.39 is 0 Å². The van der Waals surface area contributed by atoms with E-state index in [9.17, 15) is 0 Å². The van der Waals surface area contributed by atoms with E-state index in [1.165, 1.54) is 0 Å². The van der Waals surface area contributed by atoms with Crippen LogP contribution in [0.1, 0.15) is 18.9 Å². The third-order valence-corrected chi connectivity index (χ3v) is 2.95. The van der Waals surface area contributed by atoms with Crippen molar-refractivity contribution in [3.63, 3.8) is 0 Å². The predicted molar refractivity (Wildman–Crippen MR) is 67.4 cm³/mol. The molecular weight excluding hydrogens is 224 g/mol. The molecule has 0 aromatic heterocycles. The lowest BCUT2D eigenvalue weighted by atomic mass is 10.0. The summed E-state index contributed by atoms with van der Waals surface area (Å²) in [6, 6.07) is 7.91. The summed E-state index contributed by atoms with van der Waals surface area (Å²) in [7, 11) is 1.70. The van der Waals surface area contributed by atoms with Crippen molar-refractivity contribution in [3.05, 3.63) is 34.9 Å². The number of hydrogen-bond donors (Lipinski definition) is 2. The van der Waals surface area contributed by atoms with Gasteiger partial charge in [-0.25, -0.2) is 0 Å². The summed E-state index contributed by atoms with van der Waals surface area (Å²) in [5, 5.41) is 0.749. The zero-order valence-electron chi connectivity index (χ0n) is 9.74. The van der Waals surface area contributed by atoms with Gasteiger partial charge in [-0.05, 0) is 30.5 Å². The van der Waals surface area contributed by atoms with E-state index in [2.05, 4.69) is 12.3 Å². The van der Waals surface area contributed by atoms with E-state index in [1.54, 1.807) is 7.11 Å². The number of methoxy groups -OCH3 is 1. The topological polar surface area (TPSA) is 47.3 Å². The fourth-order valence-corrected chi connectivity index (χ4v) is 2.04. The zero-order valence-corrected chi connectivity index (χ0v) is 10.5. The van der Waals surface area contributed by atoms with E-state index in [0.29, 0.717) is 0 Å². The molecule has 16 heavy (non-hydrogen) atoms. The first kappa shape index (κ1) is 13.5. The van der Waals surface area contributed by atoms with Crippen LogP contribution in [0.2, 0.25) is 5.02 Å². The Morgan fingerprint density at radius 1 is 1.50 bits per heavy atom. The SMILES string of the molecule is CCC(OC)C(Cc1cccc(Cl)c1)NN. The third kappa shape index (κ3) is 3.76. The molecule has 0 aliphatic heterocycles. The van der Waals surface area contributed by atoms with Gasteiger partial charge in [0.2, 0.25) is 0 Å². The first-order valence-corrected chi connectivity index (χ1v) is 5.82. The second-order valence-electron chi connectivity index (χ2n) is 3.79. The molecule has 0 spiro atoms. The molecule has 90 valence electrons. The van der Waals surface area contributed by atoms with Gasteiger partial charge >= 0.3 is 0 Å². The molecule has 0 bridgehead atoms. The number of benzene rings is 1. The highest BCUT2D eigenvalue weighted by molar-refractivity contribution is 6.30. The Morgan fingerprint density at radius 2 is 2.25 bits per heavy atom. The van der Waals surface area contributed by atoms with Crippen LogP contribution < -0.4 is 11.3 Å². The van der Waals surface area contributed by atoms with Gasteiger partial charge in [-0.2, -0.15) is 0 Å². The average molecular weight is 243 g/mol. The second kappa shape index (κ2) is 6.86. The maximum atomic E-state index is 5.94. The molecule has 0 heterocycles. The Bertz CT molecular complexity index is 316. The Hall–Kier alpha value is -0.610. The number of hydrazine groups is 1. The monoisotopic (exact) mass is 242 g/mol. The molecule has 1 aromatic rings. The Morgan fingerprint density at radius 3 is 2.75 bits per heavy atom. The van der Waals surface area contributed by atoms with E-state index in [4.69, 9.17) is 22.2 Å². The average Bonchev–Trinajstić information content (AvgIpc) is 2.29. The maximum absolute atomic E-state index is 5.94. The third-order valence-electron chi connectivity index (χ3n) is 2.71. The fraction of sp³-hybridized carbons (Fsp3) is 0.500. The second-order valence-corrected chi connectivity index (χ2v) is 4.23. The molecular formula is C12H19ClN2O. The molecule has 0 saturated carbocycles. The van der Waals surface area contributed by atoms with Crippen LogP contribution in [0.15, 0.2) is 24.3 Å². The lowest BCUT2D eigenvalue weighted by Gasteiger charge is -2.24. The van der Waals surface area contributed by atoms with E-state index in [0.717, 1.165) is 23.4 Å². The standard InChI is InChI=1S/C12H19ClN2O/c1-3-12(16-2)11(15-14)8-9-5-4-6-10(13)7-9/h4-7,11-12,15H,3,8,14H2,1-2H3. The zero-order chi connectivity index (χ0) is 12.0. The molecule has 0 saturated heterocycles. The van der Waals surface area contributed by atoms with Crippen molar-refractivity contribution in [1.29, 1.82) is 0 Å². The van der Waals surface area contributed by atoms with Crippen molar-refractivity contribution in [1.82, 2.24) is 5.43 Å². The first-order chi connectivity index (χ1) is 7.71. The van der Waals surface area contributed by atoms with Gasteiger partial charge in [-0.15, -0.1) is 0 Å². The number of nitrogens with two attached hydrogens (primary N) is 1. The van der Waals surface area contributed by atoms with Gasteiger partial charge < -0.3 is 4.74 Å². The molecule has 0 amide bonds. The smallest absolute Gasteiger partial charge is 0.0738 e. The minimum atomic E-state index is 0.105. The molecule has 1 rings (SSSR count). The van der Waals surface area contributed by atoms with Crippen LogP contribution in [0, 0.1) is 0 Å². The summed E-state index contributed by atoms with van der Waals surface area (Å²) in [4.78, 5) is 0. The van der Waals surface area contributed by atoms with Gasteiger partial charge in [0.1, 0.15) is 0 Å². The summed E-state index contributed by atoms with van der Waals surface area (Å²) < 4.78 is 5.38. The molecule has 1 aromatic carbocycles. The highest BCUT2D eigenvalue weighted by atomic mass is 35.5. The van der Waals surface area contributed by atoms with Gasteiger partial charge in [0.15, 0.2) is 0 Å². The molecule has 4 heteroatoms. The van der Waals surface area contributed by atoms with E-state index in [1.807, 2.05) is 24.3 Å². The van der Waals surface area contributed by atoms with Crippen molar-refractivity contribution in [2.75, 3.05) is 7.11 Å². The summed E-state index contributed by atoms with van der Waals surface area (Å²) in [5.74, 6) is 5.55. The van der Waals surface area contributed by atoms with Gasteiger partial charge in [-0.1, -0.05) is 30.7 Å². The van der Waals surface area contributed by atoms with Crippen molar-refractivity contribution in [2.24, 2.45) is 5.84 Å². The quantitative estimate of drug-likeness (QED) is 0.594. The van der Waals surface area contributed by atoms with E-state index in [-0.39, 0.29) is 12.1 Å². The number of nitrogens with one attached hydrogen (secondary N) is 1. The van der Waals surface area contributed by atoms with Gasteiger partial charge in [0.05, 0.1) is 12.1 Å². The van der Waals surface area contributed by atoms with Crippen molar-refractivity contribution >= 4 is 11.6 Å². The Kier molecular flexibility index (Phi) is 5.77. The van der Waals surface area contributed by atoms with Crippen molar-refractivity contribution in [3.8, 4) is 0 Å². The molecule has 0 fully saturated rings. The minimum Gasteiger partial charge on any atom is -0.380 e. The fourth-order valence-electron chi connectivity index (χ4n) is 1.83. The van der Waals surface area contributed by atoms with Crippen LogP contribution in [-0.2, 0) is 11.2 Å². The minimum absolute atomic E-state index is 0.105. The van der Waals surface area contributed by atoms with Crippen LogP contribution in [0.3, 0.4) is 0 Å². The van der Waals surface area contributed by atoms with Gasteiger partial charge in [-0.3, -0.25) is 11.3 Å². The number of rotatable bonds is 6. The van der Waals surface area contributed by atoms with Crippen molar-refractivity contribution in [2.45, 2.75) is 31.9 Å². The lowest BCUT2D eigenvalue weighted by molar-refractivity contribution is 0.0653. The molecule has 0 radical (unpaired) electrons. The number of ether oxygens (including phenoxy) is 1. The molecule has 3 nitrogen and oxygen atoms in total. The Labute approximate surface area is 102 Å². The lowest BCUT2D eigenvalue weighted by Crippen LogP contribution is -2.46. The van der Waals surface area contributed by atoms with Gasteiger partial charge in [0.25, 0.3) is 0 Å². The largest absolute Gasteiger partial charge is 0.380 e. The van der Waals surface area contributed by atoms with Gasteiger partial charge in [0, 0.05) is 12.1 Å². The number of hydrogen-bond acceptors (Lipinski definition) is 3. The molecule has 0 aliphatic rings. The van der Waals surface area contributed by atoms with Crippen LogP contribution in [0.5, 0.6) is 0 Å². The normalized spacial score (nSPS) is 14.8. The predicted octanol–water partition coefficient (Wildman–Crippen LogP) is 2.14. The highest BCUT2D eigenvalue weighted by Crippen LogP contribution is 2.14. The highest BCUT2D eigenvalue weighted by Gasteiger charge is 2.18. The number of halogens is 1. The molecule has 3 N–H and O–H groups in total. The van der Waals surface area contributed by atoms with Crippen molar-refractivity contribution < 1.29 is 4.74 Å². The van der Waals surface area contributed by atoms with Crippen LogP contribution >= 0.6 is 11.6 Å². The van der Waals surface area contributed by atoms with Crippen LogP contribution in [0.4, 0.5) is 0 Å². The van der Waals surface area contributed by atoms with Crippen LogP contribution in [-0.4, -0.2) is 19.3 Å². The summed E-state index contributed by atoms with van der Waals surface area (Å²) >= 11 is 5.94.